The number of carbonyl (C=O) groups is 2. The van der Waals surface area contributed by atoms with Crippen molar-refractivity contribution >= 4 is 11.9 Å². The summed E-state index contributed by atoms with van der Waals surface area (Å²) in [5.74, 6) is -1.53. The number of carbonyl (C=O) groups excluding carboxylic acids is 2. The molecule has 0 aliphatic heterocycles. The second-order valence-electron chi connectivity index (χ2n) is 3.73. The average molecular weight is 253 g/mol. The van der Waals surface area contributed by atoms with E-state index in [0.717, 1.165) is 0 Å². The molecule has 0 aliphatic carbocycles. The lowest BCUT2D eigenvalue weighted by Crippen LogP contribution is -2.32. The van der Waals surface area contributed by atoms with Gasteiger partial charge in [0.15, 0.2) is 11.8 Å². The maximum atomic E-state index is 11.6. The monoisotopic (exact) mass is 253 g/mol. The number of primary amides is 1. The van der Waals surface area contributed by atoms with Crippen LogP contribution in [0.3, 0.4) is 0 Å². The summed E-state index contributed by atoms with van der Waals surface area (Å²) in [6.07, 6.45) is -0.325. The Morgan fingerprint density at radius 3 is 2.72 bits per heavy atom. The Balaban J connectivity index is 2.89. The molecule has 1 amide bonds. The van der Waals surface area contributed by atoms with E-state index in [-0.39, 0.29) is 11.3 Å². The summed E-state index contributed by atoms with van der Waals surface area (Å²) >= 11 is 0. The minimum Gasteiger partial charge on any atom is -0.448 e. The lowest BCUT2D eigenvalue weighted by molar-refractivity contribution is -0.125. The molecule has 0 unspecified atom stereocenters. The number of nitrogens with zero attached hydrogens (tertiary/aromatic N) is 2. The number of hydrogen-bond donors (Lipinski definition) is 1. The molecule has 0 saturated carbocycles. The van der Waals surface area contributed by atoms with Gasteiger partial charge in [0, 0.05) is 12.6 Å². The molecule has 1 rings (SSSR count). The number of ether oxygens (including phenoxy) is 1. The smallest absolute Gasteiger partial charge is 0.359 e. The zero-order valence-electron chi connectivity index (χ0n) is 10.3. The summed E-state index contributed by atoms with van der Waals surface area (Å²) in [4.78, 5) is 33.8. The summed E-state index contributed by atoms with van der Waals surface area (Å²) in [7, 11) is 0. The Morgan fingerprint density at radius 1 is 1.50 bits per heavy atom. The van der Waals surface area contributed by atoms with Crippen molar-refractivity contribution in [2.45, 2.75) is 32.9 Å². The molecule has 0 aliphatic rings. The van der Waals surface area contributed by atoms with Gasteiger partial charge in [0.25, 0.3) is 11.5 Å². The molecule has 98 valence electrons. The molecule has 7 nitrogen and oxygen atoms in total. The second-order valence-corrected chi connectivity index (χ2v) is 3.73. The molecule has 0 radical (unpaired) electrons. The van der Waals surface area contributed by atoms with Crippen LogP contribution in [0.1, 0.15) is 30.8 Å². The van der Waals surface area contributed by atoms with Gasteiger partial charge in [0.2, 0.25) is 0 Å². The fraction of sp³-hybridized carbons (Fsp3) is 0.455. The summed E-state index contributed by atoms with van der Waals surface area (Å²) in [5, 5.41) is 3.85. The molecular weight excluding hydrogens is 238 g/mol. The second kappa shape index (κ2) is 5.95. The summed E-state index contributed by atoms with van der Waals surface area (Å²) in [6.45, 7) is 3.65. The highest BCUT2D eigenvalue weighted by molar-refractivity contribution is 5.90. The van der Waals surface area contributed by atoms with Gasteiger partial charge in [-0.25, -0.2) is 9.48 Å². The normalized spacial score (nSPS) is 11.9. The molecule has 1 aromatic rings. The number of esters is 1. The van der Waals surface area contributed by atoms with Crippen molar-refractivity contribution in [1.29, 1.82) is 0 Å². The van der Waals surface area contributed by atoms with E-state index < -0.39 is 18.0 Å². The molecule has 0 bridgehead atoms. The van der Waals surface area contributed by atoms with Crippen molar-refractivity contribution in [2.75, 3.05) is 0 Å². The molecular formula is C11H15N3O4. The first-order valence-corrected chi connectivity index (χ1v) is 5.54. The fourth-order valence-corrected chi connectivity index (χ4v) is 1.21. The van der Waals surface area contributed by atoms with Gasteiger partial charge in [-0.2, -0.15) is 5.10 Å². The molecule has 0 aromatic carbocycles. The largest absolute Gasteiger partial charge is 0.448 e. The van der Waals surface area contributed by atoms with E-state index in [4.69, 9.17) is 10.5 Å². The van der Waals surface area contributed by atoms with Crippen LogP contribution in [0.15, 0.2) is 16.9 Å². The SMILES string of the molecule is CCCn1nc(C(=O)O[C@@H](C)C(N)=O)ccc1=O. The minimum atomic E-state index is -1.04. The van der Waals surface area contributed by atoms with Crippen molar-refractivity contribution in [2.24, 2.45) is 5.73 Å². The summed E-state index contributed by atoms with van der Waals surface area (Å²) in [6, 6.07) is 2.48. The highest BCUT2D eigenvalue weighted by atomic mass is 16.5. The molecule has 1 atom stereocenters. The maximum Gasteiger partial charge on any atom is 0.359 e. The van der Waals surface area contributed by atoms with Crippen LogP contribution in [-0.4, -0.2) is 27.8 Å². The molecule has 7 heteroatoms. The van der Waals surface area contributed by atoms with Crippen LogP contribution in [0, 0.1) is 0 Å². The number of nitrogens with two attached hydrogens (primary N) is 1. The maximum absolute atomic E-state index is 11.6. The number of aromatic nitrogens is 2. The Hall–Kier alpha value is -2.18. The number of rotatable bonds is 5. The molecule has 18 heavy (non-hydrogen) atoms. The zero-order valence-corrected chi connectivity index (χ0v) is 10.3. The van der Waals surface area contributed by atoms with E-state index >= 15 is 0 Å². The third-order valence-corrected chi connectivity index (χ3v) is 2.20. The average Bonchev–Trinajstić information content (AvgIpc) is 2.31. The molecule has 0 saturated heterocycles. The first kappa shape index (κ1) is 13.9. The molecule has 0 spiro atoms. The van der Waals surface area contributed by atoms with Crippen LogP contribution in [0.5, 0.6) is 0 Å². The van der Waals surface area contributed by atoms with Crippen LogP contribution in [0.2, 0.25) is 0 Å². The summed E-state index contributed by atoms with van der Waals surface area (Å²) in [5.41, 5.74) is 4.65. The van der Waals surface area contributed by atoms with E-state index in [0.29, 0.717) is 13.0 Å². The van der Waals surface area contributed by atoms with E-state index in [1.54, 1.807) is 0 Å². The number of hydrogen-bond acceptors (Lipinski definition) is 5. The molecule has 0 fully saturated rings. The third-order valence-electron chi connectivity index (χ3n) is 2.20. The standard InChI is InChI=1S/C11H15N3O4/c1-3-6-14-9(15)5-4-8(13-14)11(17)18-7(2)10(12)16/h4-5,7H,3,6H2,1-2H3,(H2,12,16)/t7-/m0/s1. The van der Waals surface area contributed by atoms with Crippen LogP contribution in [-0.2, 0) is 16.1 Å². The van der Waals surface area contributed by atoms with Crippen molar-refractivity contribution < 1.29 is 14.3 Å². The molecule has 1 heterocycles. The topological polar surface area (TPSA) is 104 Å². The van der Waals surface area contributed by atoms with E-state index in [9.17, 15) is 14.4 Å². The first-order chi connectivity index (χ1) is 8.45. The van der Waals surface area contributed by atoms with Gasteiger partial charge in [-0.15, -0.1) is 0 Å². The highest BCUT2D eigenvalue weighted by Crippen LogP contribution is 1.99. The Labute approximate surface area is 104 Å². The predicted octanol–water partition coefficient (Wildman–Crippen LogP) is -0.316. The van der Waals surface area contributed by atoms with Gasteiger partial charge in [-0.05, 0) is 19.4 Å². The van der Waals surface area contributed by atoms with Gasteiger partial charge >= 0.3 is 5.97 Å². The Kier molecular flexibility index (Phi) is 4.59. The van der Waals surface area contributed by atoms with Gasteiger partial charge in [-0.3, -0.25) is 9.59 Å². The molecule has 2 N–H and O–H groups in total. The van der Waals surface area contributed by atoms with Crippen molar-refractivity contribution in [3.8, 4) is 0 Å². The minimum absolute atomic E-state index is 0.0313. The first-order valence-electron chi connectivity index (χ1n) is 5.54. The fourth-order valence-electron chi connectivity index (χ4n) is 1.21. The van der Waals surface area contributed by atoms with Gasteiger partial charge in [0.1, 0.15) is 0 Å². The number of aryl methyl sites for hydroxylation is 1. The van der Waals surface area contributed by atoms with Crippen LogP contribution >= 0.6 is 0 Å². The molecule has 1 aromatic heterocycles. The van der Waals surface area contributed by atoms with E-state index in [1.165, 1.54) is 23.7 Å². The van der Waals surface area contributed by atoms with Crippen molar-refractivity contribution in [1.82, 2.24) is 9.78 Å². The Bertz CT molecular complexity index is 509. The predicted molar refractivity (Wildman–Crippen MR) is 62.9 cm³/mol. The highest BCUT2D eigenvalue weighted by Gasteiger charge is 2.17. The van der Waals surface area contributed by atoms with Crippen LogP contribution in [0.25, 0.3) is 0 Å². The van der Waals surface area contributed by atoms with Gasteiger partial charge in [-0.1, -0.05) is 6.92 Å². The van der Waals surface area contributed by atoms with Crippen molar-refractivity contribution in [3.05, 3.63) is 28.2 Å². The third kappa shape index (κ3) is 3.41. The Morgan fingerprint density at radius 2 is 2.17 bits per heavy atom. The van der Waals surface area contributed by atoms with Crippen LogP contribution in [0.4, 0.5) is 0 Å². The van der Waals surface area contributed by atoms with Gasteiger partial charge in [0.05, 0.1) is 0 Å². The summed E-state index contributed by atoms with van der Waals surface area (Å²) < 4.78 is 5.95. The van der Waals surface area contributed by atoms with Crippen LogP contribution < -0.4 is 11.3 Å². The lowest BCUT2D eigenvalue weighted by atomic mass is 10.3. The van der Waals surface area contributed by atoms with Gasteiger partial charge < -0.3 is 10.5 Å². The van der Waals surface area contributed by atoms with E-state index in [1.807, 2.05) is 6.92 Å². The number of amides is 1. The zero-order chi connectivity index (χ0) is 13.7. The van der Waals surface area contributed by atoms with E-state index in [2.05, 4.69) is 5.10 Å². The van der Waals surface area contributed by atoms with Crippen molar-refractivity contribution in [3.63, 3.8) is 0 Å². The quantitative estimate of drug-likeness (QED) is 0.724. The lowest BCUT2D eigenvalue weighted by Gasteiger charge is -2.09.